The molecule has 0 radical (unpaired) electrons. The summed E-state index contributed by atoms with van der Waals surface area (Å²) in [6, 6.07) is -0.707. The smallest absolute Gasteiger partial charge is 0.220 e. The minimum atomic E-state index is -1.54. The maximum absolute atomic E-state index is 12.8. The first-order valence-electron chi connectivity index (χ1n) is 18.2. The topological polar surface area (TPSA) is 149 Å². The normalized spacial score (nSPS) is 23.5. The molecule has 0 aromatic rings. The van der Waals surface area contributed by atoms with Crippen molar-refractivity contribution in [1.29, 1.82) is 0 Å². The van der Waals surface area contributed by atoms with Crippen LogP contribution in [0.4, 0.5) is 0 Å². The summed E-state index contributed by atoms with van der Waals surface area (Å²) in [5, 5.41) is 53.8. The second-order valence-corrected chi connectivity index (χ2v) is 13.0. The molecular weight excluding hydrogens is 562 g/mol. The molecule has 0 aliphatic carbocycles. The largest absolute Gasteiger partial charge is 0.394 e. The molecule has 1 fully saturated rings. The van der Waals surface area contributed by atoms with Crippen LogP contribution in [0.3, 0.4) is 0 Å². The lowest BCUT2D eigenvalue weighted by atomic mass is 9.99. The van der Waals surface area contributed by atoms with Crippen LogP contribution in [0.1, 0.15) is 162 Å². The third kappa shape index (κ3) is 19.0. The Labute approximate surface area is 268 Å². The quantitative estimate of drug-likeness (QED) is 0.0580. The Kier molecular flexibility index (Phi) is 25.6. The van der Waals surface area contributed by atoms with Crippen molar-refractivity contribution in [2.45, 2.75) is 204 Å². The summed E-state index contributed by atoms with van der Waals surface area (Å²) in [6.45, 7) is 3.78. The molecule has 9 heteroatoms. The number of unbranched alkanes of at least 4 members (excludes halogenated alkanes) is 19. The van der Waals surface area contributed by atoms with Crippen molar-refractivity contribution < 1.29 is 39.8 Å². The van der Waals surface area contributed by atoms with E-state index in [1.54, 1.807) is 0 Å². The molecule has 0 spiro atoms. The molecule has 7 atom stereocenters. The monoisotopic (exact) mass is 632 g/mol. The van der Waals surface area contributed by atoms with Crippen LogP contribution in [-0.4, -0.2) is 87.5 Å². The number of carbonyl (C=O) groups is 1. The van der Waals surface area contributed by atoms with E-state index >= 15 is 0 Å². The van der Waals surface area contributed by atoms with Crippen LogP contribution in [0.5, 0.6) is 0 Å². The Morgan fingerprint density at radius 2 is 1.14 bits per heavy atom. The van der Waals surface area contributed by atoms with Gasteiger partial charge in [0.15, 0.2) is 6.29 Å². The van der Waals surface area contributed by atoms with Gasteiger partial charge in [-0.15, -0.1) is 0 Å². The second kappa shape index (κ2) is 27.3. The Bertz CT molecular complexity index is 667. The Hall–Kier alpha value is -0.810. The van der Waals surface area contributed by atoms with Crippen LogP contribution in [0, 0.1) is 0 Å². The SMILES string of the molecule is CCCCCCCCCCCCCCC(=O)N[C@@H](CO[C@@H]1O[C@H](CO)[C@@H](O)C(O)C1O)[C@H](O)CCCCCCCCCCC. The molecule has 2 unspecified atom stereocenters. The summed E-state index contributed by atoms with van der Waals surface area (Å²) in [6.07, 6.45) is 18.3. The van der Waals surface area contributed by atoms with E-state index in [9.17, 15) is 30.3 Å². The predicted molar refractivity (Wildman–Crippen MR) is 175 cm³/mol. The highest BCUT2D eigenvalue weighted by molar-refractivity contribution is 5.76. The molecule has 6 N–H and O–H groups in total. The number of carbonyl (C=O) groups excluding carboxylic acids is 1. The molecule has 0 aromatic heterocycles. The van der Waals surface area contributed by atoms with Crippen LogP contribution in [0.15, 0.2) is 0 Å². The zero-order valence-corrected chi connectivity index (χ0v) is 28.2. The standard InChI is InChI=1S/C35H69NO8/c1-3-5-7-9-11-13-14-15-17-19-21-23-25-31(39)36-28(29(38)24-22-20-18-16-12-10-8-6-4-2)27-43-35-34(42)33(41)32(40)30(26-37)44-35/h28-30,32-35,37-38,40-42H,3-27H2,1-2H3,(H,36,39)/t28-,29+,30+,32+,33?,34?,35+/m0/s1. The summed E-state index contributed by atoms with van der Waals surface area (Å²) in [4.78, 5) is 12.8. The average molecular weight is 632 g/mol. The van der Waals surface area contributed by atoms with Gasteiger partial charge >= 0.3 is 0 Å². The van der Waals surface area contributed by atoms with Crippen molar-refractivity contribution >= 4 is 5.91 Å². The molecule has 1 heterocycles. The third-order valence-corrected chi connectivity index (χ3v) is 8.96. The highest BCUT2D eigenvalue weighted by Crippen LogP contribution is 2.23. The molecule has 1 rings (SSSR count). The number of ether oxygens (including phenoxy) is 2. The molecule has 1 saturated heterocycles. The van der Waals surface area contributed by atoms with Crippen LogP contribution in [0.25, 0.3) is 0 Å². The van der Waals surface area contributed by atoms with Gasteiger partial charge in [0.2, 0.25) is 5.91 Å². The zero-order valence-electron chi connectivity index (χ0n) is 28.2. The van der Waals surface area contributed by atoms with Crippen LogP contribution in [0.2, 0.25) is 0 Å². The molecule has 0 bridgehead atoms. The summed E-state index contributed by atoms with van der Waals surface area (Å²) in [7, 11) is 0. The number of hydrogen-bond acceptors (Lipinski definition) is 8. The van der Waals surface area contributed by atoms with Gasteiger partial charge < -0.3 is 40.3 Å². The first kappa shape index (κ1) is 41.2. The van der Waals surface area contributed by atoms with Crippen molar-refractivity contribution in [2.24, 2.45) is 0 Å². The fraction of sp³-hybridized carbons (Fsp3) is 0.971. The second-order valence-electron chi connectivity index (χ2n) is 13.0. The van der Waals surface area contributed by atoms with Gasteiger partial charge in [-0.1, -0.05) is 142 Å². The van der Waals surface area contributed by atoms with Crippen molar-refractivity contribution in [3.63, 3.8) is 0 Å². The van der Waals surface area contributed by atoms with E-state index in [1.807, 2.05) is 0 Å². The number of rotatable bonds is 29. The molecule has 1 amide bonds. The molecule has 0 aromatic carbocycles. The van der Waals surface area contributed by atoms with Gasteiger partial charge in [0.25, 0.3) is 0 Å². The van der Waals surface area contributed by atoms with Crippen LogP contribution >= 0.6 is 0 Å². The minimum Gasteiger partial charge on any atom is -0.394 e. The first-order chi connectivity index (χ1) is 21.3. The highest BCUT2D eigenvalue weighted by Gasteiger charge is 2.44. The van der Waals surface area contributed by atoms with E-state index in [0.717, 1.165) is 38.5 Å². The van der Waals surface area contributed by atoms with E-state index in [4.69, 9.17) is 9.47 Å². The molecular formula is C35H69NO8. The van der Waals surface area contributed by atoms with Gasteiger partial charge in [-0.05, 0) is 12.8 Å². The average Bonchev–Trinajstić information content (AvgIpc) is 3.02. The lowest BCUT2D eigenvalue weighted by molar-refractivity contribution is -0.302. The van der Waals surface area contributed by atoms with Crippen LogP contribution < -0.4 is 5.32 Å². The number of nitrogens with one attached hydrogen (secondary N) is 1. The summed E-state index contributed by atoms with van der Waals surface area (Å²) in [5.74, 6) is -0.148. The maximum atomic E-state index is 12.8. The lowest BCUT2D eigenvalue weighted by Crippen LogP contribution is -2.60. The summed E-state index contributed by atoms with van der Waals surface area (Å²) >= 11 is 0. The van der Waals surface area contributed by atoms with E-state index in [0.29, 0.717) is 12.8 Å². The van der Waals surface area contributed by atoms with Crippen LogP contribution in [-0.2, 0) is 14.3 Å². The van der Waals surface area contributed by atoms with Gasteiger partial charge in [-0.2, -0.15) is 0 Å². The van der Waals surface area contributed by atoms with Gasteiger partial charge in [-0.25, -0.2) is 0 Å². The molecule has 44 heavy (non-hydrogen) atoms. The van der Waals surface area contributed by atoms with Crippen molar-refractivity contribution in [3.05, 3.63) is 0 Å². The summed E-state index contributed by atoms with van der Waals surface area (Å²) < 4.78 is 11.2. The van der Waals surface area contributed by atoms with Gasteiger partial charge in [0, 0.05) is 6.42 Å². The van der Waals surface area contributed by atoms with E-state index in [-0.39, 0.29) is 12.5 Å². The maximum Gasteiger partial charge on any atom is 0.220 e. The molecule has 1 aliphatic heterocycles. The van der Waals surface area contributed by atoms with Gasteiger partial charge in [0.1, 0.15) is 24.4 Å². The molecule has 262 valence electrons. The Balaban J connectivity index is 2.44. The predicted octanol–water partition coefficient (Wildman–Crippen LogP) is 5.66. The van der Waals surface area contributed by atoms with Crippen molar-refractivity contribution in [1.82, 2.24) is 5.32 Å². The fourth-order valence-electron chi connectivity index (χ4n) is 5.92. The number of aliphatic hydroxyl groups excluding tert-OH is 5. The highest BCUT2D eigenvalue weighted by atomic mass is 16.7. The number of aliphatic hydroxyl groups is 5. The molecule has 9 nitrogen and oxygen atoms in total. The zero-order chi connectivity index (χ0) is 32.4. The third-order valence-electron chi connectivity index (χ3n) is 8.96. The first-order valence-corrected chi connectivity index (χ1v) is 18.2. The minimum absolute atomic E-state index is 0.133. The molecule has 1 aliphatic rings. The molecule has 0 saturated carbocycles. The van der Waals surface area contributed by atoms with E-state index in [1.165, 1.54) is 96.3 Å². The number of hydrogen-bond donors (Lipinski definition) is 6. The van der Waals surface area contributed by atoms with E-state index in [2.05, 4.69) is 19.2 Å². The number of amides is 1. The van der Waals surface area contributed by atoms with E-state index < -0.39 is 49.5 Å². The Morgan fingerprint density at radius 1 is 0.682 bits per heavy atom. The van der Waals surface area contributed by atoms with Crippen molar-refractivity contribution in [3.8, 4) is 0 Å². The van der Waals surface area contributed by atoms with Gasteiger partial charge in [-0.3, -0.25) is 4.79 Å². The van der Waals surface area contributed by atoms with Gasteiger partial charge in [0.05, 0.1) is 25.4 Å². The Morgan fingerprint density at radius 3 is 1.61 bits per heavy atom. The summed E-state index contributed by atoms with van der Waals surface area (Å²) in [5.41, 5.74) is 0. The van der Waals surface area contributed by atoms with Crippen molar-refractivity contribution in [2.75, 3.05) is 13.2 Å². The fourth-order valence-corrected chi connectivity index (χ4v) is 5.92. The lowest BCUT2D eigenvalue weighted by Gasteiger charge is -2.40.